The summed E-state index contributed by atoms with van der Waals surface area (Å²) in [6.45, 7) is 7.80. The normalized spacial score (nSPS) is 14.9. The Hall–Kier alpha value is -2.17. The highest BCUT2D eigenvalue weighted by Gasteiger charge is 2.32. The van der Waals surface area contributed by atoms with Gasteiger partial charge in [-0.15, -0.1) is 0 Å². The second kappa shape index (κ2) is 11.0. The Morgan fingerprint density at radius 2 is 1.32 bits per heavy atom. The summed E-state index contributed by atoms with van der Waals surface area (Å²) in [4.78, 5) is 47.7. The first-order valence-corrected chi connectivity index (χ1v) is 11.0. The molecule has 3 amide bonds. The standard InChI is InChI=1S/C17H31N3O7S/c1-9(2)13(16(23)20-14(10(3)4)17(24)25)19-15(22)12(18-11(5)21)7-8-28(6,26)27/h9-10,12-14H,7-8H2,1-6H3,(H,18,21)(H,19,22)(H,20,23)(H,24,25)/t12-,13?,14-/m0/s1. The first-order valence-electron chi connectivity index (χ1n) is 8.94. The van der Waals surface area contributed by atoms with Gasteiger partial charge >= 0.3 is 5.97 Å². The van der Waals surface area contributed by atoms with Crippen molar-refractivity contribution in [3.63, 3.8) is 0 Å². The highest BCUT2D eigenvalue weighted by Crippen LogP contribution is 2.08. The van der Waals surface area contributed by atoms with E-state index in [0.29, 0.717) is 0 Å². The predicted octanol–water partition coefficient (Wildman–Crippen LogP) is -0.708. The first-order chi connectivity index (χ1) is 12.7. The lowest BCUT2D eigenvalue weighted by atomic mass is 9.99. The van der Waals surface area contributed by atoms with E-state index < -0.39 is 51.7 Å². The number of hydrogen-bond donors (Lipinski definition) is 4. The Balaban J connectivity index is 5.34. The van der Waals surface area contributed by atoms with E-state index in [-0.39, 0.29) is 24.0 Å². The van der Waals surface area contributed by atoms with E-state index in [0.717, 1.165) is 6.26 Å². The average molecular weight is 422 g/mol. The second-order valence-corrected chi connectivity index (χ2v) is 9.73. The van der Waals surface area contributed by atoms with Gasteiger partial charge in [0.1, 0.15) is 28.0 Å². The molecule has 0 radical (unpaired) electrons. The molecule has 0 aliphatic rings. The van der Waals surface area contributed by atoms with E-state index in [1.54, 1.807) is 27.7 Å². The van der Waals surface area contributed by atoms with Gasteiger partial charge in [0.25, 0.3) is 0 Å². The van der Waals surface area contributed by atoms with Gasteiger partial charge in [0, 0.05) is 13.2 Å². The highest BCUT2D eigenvalue weighted by molar-refractivity contribution is 7.90. The van der Waals surface area contributed by atoms with Crippen molar-refractivity contribution < 1.29 is 32.7 Å². The maximum absolute atomic E-state index is 12.6. The zero-order valence-corrected chi connectivity index (χ0v) is 17.9. The SMILES string of the molecule is CC(=O)N[C@@H](CCS(C)(=O)=O)C(=O)NC(C(=O)N[C@H](C(=O)O)C(C)C)C(C)C. The number of rotatable bonds is 11. The first kappa shape index (κ1) is 25.8. The number of carbonyl (C=O) groups is 4. The second-order valence-electron chi connectivity index (χ2n) is 7.47. The molecule has 0 bridgehead atoms. The van der Waals surface area contributed by atoms with Crippen LogP contribution >= 0.6 is 0 Å². The monoisotopic (exact) mass is 421 g/mol. The molecule has 4 N–H and O–H groups in total. The topological polar surface area (TPSA) is 159 Å². The minimum Gasteiger partial charge on any atom is -0.480 e. The Bertz CT molecular complexity index is 689. The molecule has 0 spiro atoms. The molecule has 0 aliphatic carbocycles. The highest BCUT2D eigenvalue weighted by atomic mass is 32.2. The lowest BCUT2D eigenvalue weighted by molar-refractivity contribution is -0.143. The molecule has 3 atom stereocenters. The molecule has 0 saturated heterocycles. The molecule has 0 aromatic heterocycles. The van der Waals surface area contributed by atoms with E-state index in [9.17, 15) is 32.7 Å². The fourth-order valence-corrected chi connectivity index (χ4v) is 3.06. The minimum absolute atomic E-state index is 0.152. The summed E-state index contributed by atoms with van der Waals surface area (Å²) in [6, 6.07) is -3.31. The van der Waals surface area contributed by atoms with Crippen LogP contribution in [0.25, 0.3) is 0 Å². The summed E-state index contributed by atoms with van der Waals surface area (Å²) < 4.78 is 22.7. The van der Waals surface area contributed by atoms with E-state index in [2.05, 4.69) is 16.0 Å². The summed E-state index contributed by atoms with van der Waals surface area (Å²) in [5.74, 6) is -4.17. The van der Waals surface area contributed by atoms with Crippen LogP contribution in [-0.4, -0.2) is 67.3 Å². The predicted molar refractivity (Wildman–Crippen MR) is 103 cm³/mol. The molecule has 162 valence electrons. The number of nitrogens with one attached hydrogen (secondary N) is 3. The largest absolute Gasteiger partial charge is 0.480 e. The zero-order chi connectivity index (χ0) is 22.2. The van der Waals surface area contributed by atoms with Crippen LogP contribution in [0.15, 0.2) is 0 Å². The molecule has 0 rings (SSSR count). The van der Waals surface area contributed by atoms with Crippen molar-refractivity contribution in [2.75, 3.05) is 12.0 Å². The van der Waals surface area contributed by atoms with Crippen LogP contribution in [0.2, 0.25) is 0 Å². The lowest BCUT2D eigenvalue weighted by Gasteiger charge is -2.27. The number of carboxylic acids is 1. The Kier molecular flexibility index (Phi) is 10.1. The van der Waals surface area contributed by atoms with Crippen molar-refractivity contribution in [2.24, 2.45) is 11.8 Å². The zero-order valence-electron chi connectivity index (χ0n) is 17.1. The molecule has 10 nitrogen and oxygen atoms in total. The molecule has 0 aromatic rings. The molecule has 0 aromatic carbocycles. The summed E-state index contributed by atoms with van der Waals surface area (Å²) in [7, 11) is -3.36. The Morgan fingerprint density at radius 3 is 1.68 bits per heavy atom. The van der Waals surface area contributed by atoms with Gasteiger partial charge in [0.05, 0.1) is 5.75 Å². The maximum Gasteiger partial charge on any atom is 0.326 e. The lowest BCUT2D eigenvalue weighted by Crippen LogP contribution is -2.58. The summed E-state index contributed by atoms with van der Waals surface area (Å²) >= 11 is 0. The van der Waals surface area contributed by atoms with Crippen molar-refractivity contribution in [1.29, 1.82) is 0 Å². The maximum atomic E-state index is 12.6. The van der Waals surface area contributed by atoms with Gasteiger partial charge in [-0.2, -0.15) is 0 Å². The Labute approximate surface area is 165 Å². The molecule has 0 heterocycles. The molecule has 0 fully saturated rings. The summed E-state index contributed by atoms with van der Waals surface area (Å²) in [5, 5.41) is 16.5. The average Bonchev–Trinajstić information content (AvgIpc) is 2.51. The van der Waals surface area contributed by atoms with E-state index >= 15 is 0 Å². The minimum atomic E-state index is -3.36. The molecule has 11 heteroatoms. The molecular formula is C17H31N3O7S. The summed E-state index contributed by atoms with van der Waals surface area (Å²) in [5.41, 5.74) is 0. The molecule has 1 unspecified atom stereocenters. The number of sulfone groups is 1. The van der Waals surface area contributed by atoms with E-state index in [4.69, 9.17) is 0 Å². The van der Waals surface area contributed by atoms with E-state index in [1.807, 2.05) is 0 Å². The van der Waals surface area contributed by atoms with Crippen molar-refractivity contribution in [1.82, 2.24) is 16.0 Å². The fraction of sp³-hybridized carbons (Fsp3) is 0.765. The van der Waals surface area contributed by atoms with Gasteiger partial charge < -0.3 is 21.1 Å². The van der Waals surface area contributed by atoms with Gasteiger partial charge in [0.2, 0.25) is 17.7 Å². The van der Waals surface area contributed by atoms with Crippen LogP contribution in [0.4, 0.5) is 0 Å². The van der Waals surface area contributed by atoms with Crippen molar-refractivity contribution in [2.45, 2.75) is 59.2 Å². The van der Waals surface area contributed by atoms with Gasteiger partial charge in [-0.3, -0.25) is 14.4 Å². The van der Waals surface area contributed by atoms with Crippen LogP contribution in [-0.2, 0) is 29.0 Å². The number of carboxylic acid groups (broad SMARTS) is 1. The van der Waals surface area contributed by atoms with Gasteiger partial charge in [-0.25, -0.2) is 13.2 Å². The third-order valence-electron chi connectivity index (χ3n) is 3.95. The third kappa shape index (κ3) is 9.67. The van der Waals surface area contributed by atoms with Crippen molar-refractivity contribution in [3.8, 4) is 0 Å². The van der Waals surface area contributed by atoms with Crippen LogP contribution < -0.4 is 16.0 Å². The smallest absolute Gasteiger partial charge is 0.326 e. The third-order valence-corrected chi connectivity index (χ3v) is 4.93. The molecular weight excluding hydrogens is 390 g/mol. The number of amides is 3. The number of carbonyl (C=O) groups excluding carboxylic acids is 3. The van der Waals surface area contributed by atoms with Crippen LogP contribution in [0.5, 0.6) is 0 Å². The van der Waals surface area contributed by atoms with Crippen molar-refractivity contribution in [3.05, 3.63) is 0 Å². The van der Waals surface area contributed by atoms with Crippen molar-refractivity contribution >= 4 is 33.5 Å². The quantitative estimate of drug-likeness (QED) is 0.343. The molecule has 0 aliphatic heterocycles. The summed E-state index contributed by atoms with van der Waals surface area (Å²) in [6.07, 6.45) is 0.860. The van der Waals surface area contributed by atoms with Gasteiger partial charge in [-0.05, 0) is 18.3 Å². The molecule has 0 saturated carbocycles. The van der Waals surface area contributed by atoms with E-state index in [1.165, 1.54) is 6.92 Å². The fourth-order valence-electron chi connectivity index (χ4n) is 2.39. The van der Waals surface area contributed by atoms with Gasteiger partial charge in [0.15, 0.2) is 0 Å². The van der Waals surface area contributed by atoms with Crippen LogP contribution in [0.1, 0.15) is 41.0 Å². The number of aliphatic carboxylic acids is 1. The van der Waals surface area contributed by atoms with Crippen LogP contribution in [0.3, 0.4) is 0 Å². The number of hydrogen-bond acceptors (Lipinski definition) is 6. The Morgan fingerprint density at radius 1 is 0.857 bits per heavy atom. The molecule has 28 heavy (non-hydrogen) atoms. The van der Waals surface area contributed by atoms with Gasteiger partial charge in [-0.1, -0.05) is 27.7 Å². The van der Waals surface area contributed by atoms with Crippen LogP contribution in [0, 0.1) is 11.8 Å².